The number of carbonyl (C=O) groups is 1. The normalized spacial score (nSPS) is 10.6. The molecule has 0 saturated carbocycles. The van der Waals surface area contributed by atoms with Gasteiger partial charge in [0.2, 0.25) is 0 Å². The number of rotatable bonds is 1. The molecule has 0 bridgehead atoms. The average molecular weight is 268 g/mol. The molecule has 0 saturated heterocycles. The third-order valence-electron chi connectivity index (χ3n) is 2.10. The first kappa shape index (κ1) is 10.2. The Balaban J connectivity index is 2.52. The lowest BCUT2D eigenvalue weighted by Gasteiger charge is -2.06. The van der Waals surface area contributed by atoms with Crippen molar-refractivity contribution in [3.05, 3.63) is 34.5 Å². The first-order chi connectivity index (χ1) is 7.08. The summed E-state index contributed by atoms with van der Waals surface area (Å²) in [7, 11) is 3.40. The lowest BCUT2D eigenvalue weighted by molar-refractivity contribution is 0.0799. The van der Waals surface area contributed by atoms with Crippen LogP contribution in [0.4, 0.5) is 0 Å². The van der Waals surface area contributed by atoms with Gasteiger partial charge >= 0.3 is 0 Å². The van der Waals surface area contributed by atoms with Crippen LogP contribution in [-0.4, -0.2) is 24.9 Å². The Kier molecular flexibility index (Phi) is 2.52. The first-order valence-corrected chi connectivity index (χ1v) is 5.28. The lowest BCUT2D eigenvalue weighted by atomic mass is 10.2. The molecule has 0 fully saturated rings. The van der Waals surface area contributed by atoms with Crippen molar-refractivity contribution >= 4 is 32.8 Å². The van der Waals surface area contributed by atoms with Gasteiger partial charge in [-0.1, -0.05) is 15.9 Å². The van der Waals surface area contributed by atoms with Crippen molar-refractivity contribution in [1.29, 1.82) is 0 Å². The summed E-state index contributed by atoms with van der Waals surface area (Å²) in [5, 5.41) is 0.926. The molecule has 0 N–H and O–H groups in total. The van der Waals surface area contributed by atoms with Crippen LogP contribution in [-0.2, 0) is 0 Å². The van der Waals surface area contributed by atoms with Crippen LogP contribution in [0.25, 0.3) is 11.0 Å². The molecule has 1 amide bonds. The number of furan rings is 1. The average Bonchev–Trinajstić information content (AvgIpc) is 2.58. The highest BCUT2D eigenvalue weighted by Gasteiger charge is 2.13. The fourth-order valence-electron chi connectivity index (χ4n) is 1.34. The molecule has 0 atom stereocenters. The Morgan fingerprint density at radius 1 is 1.33 bits per heavy atom. The molecule has 1 heterocycles. The van der Waals surface area contributed by atoms with Crippen molar-refractivity contribution < 1.29 is 9.21 Å². The molecule has 3 nitrogen and oxygen atoms in total. The van der Waals surface area contributed by atoms with Crippen molar-refractivity contribution in [2.45, 2.75) is 0 Å². The van der Waals surface area contributed by atoms with Gasteiger partial charge in [0, 0.05) is 24.0 Å². The summed E-state index contributed by atoms with van der Waals surface area (Å²) in [5.41, 5.74) is 0.725. The molecule has 0 spiro atoms. The van der Waals surface area contributed by atoms with Crippen molar-refractivity contribution in [1.82, 2.24) is 4.90 Å². The summed E-state index contributed by atoms with van der Waals surface area (Å²) in [5.74, 6) is 0.246. The van der Waals surface area contributed by atoms with Gasteiger partial charge in [0.25, 0.3) is 5.91 Å². The highest BCUT2D eigenvalue weighted by atomic mass is 79.9. The Morgan fingerprint density at radius 3 is 2.73 bits per heavy atom. The molecule has 1 aromatic heterocycles. The minimum Gasteiger partial charge on any atom is -0.451 e. The third kappa shape index (κ3) is 1.90. The van der Waals surface area contributed by atoms with Crippen molar-refractivity contribution in [3.63, 3.8) is 0 Å². The van der Waals surface area contributed by atoms with Crippen LogP contribution in [0.3, 0.4) is 0 Å². The molecule has 15 heavy (non-hydrogen) atoms. The van der Waals surface area contributed by atoms with Crippen LogP contribution in [0.2, 0.25) is 0 Å². The first-order valence-electron chi connectivity index (χ1n) is 4.48. The standard InChI is InChI=1S/C11H10BrNO2/c1-13(2)11(14)10-6-7-5-8(12)3-4-9(7)15-10/h3-6H,1-2H3. The van der Waals surface area contributed by atoms with E-state index in [0.29, 0.717) is 5.76 Å². The van der Waals surface area contributed by atoms with Crippen molar-refractivity contribution in [2.24, 2.45) is 0 Å². The molecule has 1 aromatic carbocycles. The van der Waals surface area contributed by atoms with E-state index in [4.69, 9.17) is 4.42 Å². The maximum atomic E-state index is 11.6. The molecule has 0 aliphatic rings. The van der Waals surface area contributed by atoms with E-state index in [-0.39, 0.29) is 5.91 Å². The molecule has 0 aliphatic carbocycles. The van der Waals surface area contributed by atoms with E-state index in [9.17, 15) is 4.79 Å². The largest absolute Gasteiger partial charge is 0.451 e. The van der Waals surface area contributed by atoms with E-state index < -0.39 is 0 Å². The molecular formula is C11H10BrNO2. The molecule has 2 rings (SSSR count). The molecule has 2 aromatic rings. The monoisotopic (exact) mass is 267 g/mol. The number of fused-ring (bicyclic) bond motifs is 1. The highest BCUT2D eigenvalue weighted by Crippen LogP contribution is 2.23. The van der Waals surface area contributed by atoms with Gasteiger partial charge in [0.15, 0.2) is 5.76 Å². The summed E-state index contributed by atoms with van der Waals surface area (Å²) in [6, 6.07) is 7.40. The van der Waals surface area contributed by atoms with Gasteiger partial charge in [-0.25, -0.2) is 0 Å². The topological polar surface area (TPSA) is 33.5 Å². The zero-order chi connectivity index (χ0) is 11.0. The fourth-order valence-corrected chi connectivity index (χ4v) is 1.72. The van der Waals surface area contributed by atoms with Gasteiger partial charge in [-0.2, -0.15) is 0 Å². The second-order valence-corrected chi connectivity index (χ2v) is 4.41. The Labute approximate surface area is 95.8 Å². The Bertz CT molecular complexity index is 516. The minimum atomic E-state index is -0.123. The van der Waals surface area contributed by atoms with Crippen LogP contribution in [0.1, 0.15) is 10.6 Å². The summed E-state index contributed by atoms with van der Waals surface area (Å²) < 4.78 is 6.41. The zero-order valence-corrected chi connectivity index (χ0v) is 10.0. The van der Waals surface area contributed by atoms with Gasteiger partial charge in [-0.3, -0.25) is 4.79 Å². The van der Waals surface area contributed by atoms with E-state index >= 15 is 0 Å². The summed E-state index contributed by atoms with van der Waals surface area (Å²) in [6.07, 6.45) is 0. The number of benzene rings is 1. The molecular weight excluding hydrogens is 258 g/mol. The van der Waals surface area contributed by atoms with Gasteiger partial charge in [-0.05, 0) is 24.3 Å². The predicted molar refractivity (Wildman–Crippen MR) is 61.9 cm³/mol. The number of nitrogens with zero attached hydrogens (tertiary/aromatic N) is 1. The van der Waals surface area contributed by atoms with Crippen LogP contribution in [0, 0.1) is 0 Å². The van der Waals surface area contributed by atoms with E-state index in [0.717, 1.165) is 15.4 Å². The summed E-state index contributed by atoms with van der Waals surface area (Å²) in [6.45, 7) is 0. The van der Waals surface area contributed by atoms with Gasteiger partial charge in [-0.15, -0.1) is 0 Å². The Morgan fingerprint density at radius 2 is 2.07 bits per heavy atom. The SMILES string of the molecule is CN(C)C(=O)c1cc2cc(Br)ccc2o1. The van der Waals surface area contributed by atoms with Crippen LogP contribution in [0.15, 0.2) is 33.2 Å². The number of hydrogen-bond donors (Lipinski definition) is 0. The smallest absolute Gasteiger partial charge is 0.289 e. The number of carbonyl (C=O) groups excluding carboxylic acids is 1. The number of halogens is 1. The zero-order valence-electron chi connectivity index (χ0n) is 8.45. The molecule has 0 unspecified atom stereocenters. The number of hydrogen-bond acceptors (Lipinski definition) is 2. The summed E-state index contributed by atoms with van der Waals surface area (Å²) in [4.78, 5) is 13.1. The van der Waals surface area contributed by atoms with Crippen LogP contribution in [0.5, 0.6) is 0 Å². The molecule has 0 aliphatic heterocycles. The lowest BCUT2D eigenvalue weighted by Crippen LogP contribution is -2.20. The quantitative estimate of drug-likeness (QED) is 0.796. The second kappa shape index (κ2) is 3.70. The maximum absolute atomic E-state index is 11.6. The van der Waals surface area contributed by atoms with E-state index in [1.165, 1.54) is 4.90 Å². The van der Waals surface area contributed by atoms with Crippen molar-refractivity contribution in [3.8, 4) is 0 Å². The number of amides is 1. The van der Waals surface area contributed by atoms with E-state index in [1.807, 2.05) is 18.2 Å². The van der Waals surface area contributed by atoms with Gasteiger partial charge in [0.05, 0.1) is 0 Å². The van der Waals surface area contributed by atoms with Gasteiger partial charge in [0.1, 0.15) is 5.58 Å². The van der Waals surface area contributed by atoms with Crippen molar-refractivity contribution in [2.75, 3.05) is 14.1 Å². The van der Waals surface area contributed by atoms with Gasteiger partial charge < -0.3 is 9.32 Å². The molecule has 0 radical (unpaired) electrons. The summed E-state index contributed by atoms with van der Waals surface area (Å²) >= 11 is 3.37. The van der Waals surface area contributed by atoms with Crippen LogP contribution < -0.4 is 0 Å². The fraction of sp³-hybridized carbons (Fsp3) is 0.182. The predicted octanol–water partition coefficient (Wildman–Crippen LogP) is 2.90. The molecule has 4 heteroatoms. The Hall–Kier alpha value is -1.29. The highest BCUT2D eigenvalue weighted by molar-refractivity contribution is 9.10. The van der Waals surface area contributed by atoms with E-state index in [1.54, 1.807) is 20.2 Å². The molecule has 78 valence electrons. The minimum absolute atomic E-state index is 0.123. The van der Waals surface area contributed by atoms with Crippen LogP contribution >= 0.6 is 15.9 Å². The third-order valence-corrected chi connectivity index (χ3v) is 2.59. The van der Waals surface area contributed by atoms with E-state index in [2.05, 4.69) is 15.9 Å². The maximum Gasteiger partial charge on any atom is 0.289 e. The second-order valence-electron chi connectivity index (χ2n) is 3.49.